The molecule has 1 aliphatic heterocycles. The minimum Gasteiger partial charge on any atom is -0.348 e. The molecule has 0 bridgehead atoms. The van der Waals surface area contributed by atoms with Crippen molar-refractivity contribution in [3.63, 3.8) is 0 Å². The Kier molecular flexibility index (Phi) is 3.06. The fourth-order valence-corrected chi connectivity index (χ4v) is 4.90. The third-order valence-electron chi connectivity index (χ3n) is 3.22. The third kappa shape index (κ3) is 2.64. The molecule has 100 valence electrons. The lowest BCUT2D eigenvalue weighted by molar-refractivity contribution is 0.0945. The Morgan fingerprint density at radius 1 is 1.32 bits per heavy atom. The molecule has 1 aliphatic rings. The number of sulfone groups is 1. The molecule has 1 fully saturated rings. The van der Waals surface area contributed by atoms with Gasteiger partial charge in [-0.05, 0) is 23.9 Å². The average Bonchev–Trinajstić information content (AvgIpc) is 2.92. The van der Waals surface area contributed by atoms with Gasteiger partial charge < -0.3 is 5.32 Å². The van der Waals surface area contributed by atoms with Crippen molar-refractivity contribution in [3.8, 4) is 0 Å². The van der Waals surface area contributed by atoms with Gasteiger partial charge in [0.1, 0.15) is 0 Å². The van der Waals surface area contributed by atoms with Crippen molar-refractivity contribution >= 4 is 37.2 Å². The molecule has 4 nitrogen and oxygen atoms in total. The van der Waals surface area contributed by atoms with Crippen molar-refractivity contribution in [2.24, 2.45) is 0 Å². The summed E-state index contributed by atoms with van der Waals surface area (Å²) in [6, 6.07) is 9.39. The first-order chi connectivity index (χ1) is 9.03. The summed E-state index contributed by atoms with van der Waals surface area (Å²) in [7, 11) is -2.96. The van der Waals surface area contributed by atoms with Crippen LogP contribution in [0.4, 0.5) is 0 Å². The van der Waals surface area contributed by atoms with Crippen LogP contribution in [-0.2, 0) is 9.84 Å². The molecule has 2 aromatic rings. The van der Waals surface area contributed by atoms with Crippen molar-refractivity contribution in [1.82, 2.24) is 5.32 Å². The van der Waals surface area contributed by atoms with Crippen molar-refractivity contribution in [2.75, 3.05) is 11.5 Å². The van der Waals surface area contributed by atoms with E-state index in [-0.39, 0.29) is 23.5 Å². The molecule has 1 amide bonds. The van der Waals surface area contributed by atoms with Crippen LogP contribution in [0, 0.1) is 0 Å². The van der Waals surface area contributed by atoms with Gasteiger partial charge >= 0.3 is 0 Å². The number of hydrogen-bond acceptors (Lipinski definition) is 4. The number of thiophene rings is 1. The van der Waals surface area contributed by atoms with E-state index in [0.29, 0.717) is 11.3 Å². The summed E-state index contributed by atoms with van der Waals surface area (Å²) in [5.74, 6) is 0.0527. The largest absolute Gasteiger partial charge is 0.348 e. The number of rotatable bonds is 2. The maximum atomic E-state index is 12.1. The van der Waals surface area contributed by atoms with Gasteiger partial charge in [0.05, 0.1) is 16.4 Å². The zero-order chi connectivity index (χ0) is 13.5. The molecule has 1 N–H and O–H groups in total. The minimum atomic E-state index is -2.96. The minimum absolute atomic E-state index is 0.0592. The number of nitrogens with one attached hydrogen (secondary N) is 1. The first-order valence-corrected chi connectivity index (χ1v) is 8.67. The lowest BCUT2D eigenvalue weighted by Gasteiger charge is -2.08. The molecule has 19 heavy (non-hydrogen) atoms. The predicted molar refractivity (Wildman–Crippen MR) is 76.4 cm³/mol. The number of carbonyl (C=O) groups is 1. The molecule has 6 heteroatoms. The molecule has 0 radical (unpaired) electrons. The van der Waals surface area contributed by atoms with E-state index in [1.54, 1.807) is 0 Å². The van der Waals surface area contributed by atoms with Gasteiger partial charge in [0.25, 0.3) is 5.91 Å². The standard InChI is InChI=1S/C13H13NO3S2/c15-13(14-10-5-6-19(16,17)8-10)12-7-9-3-1-2-4-11(9)18-12/h1-4,7,10H,5-6,8H2,(H,14,15)/t10-/m0/s1. The smallest absolute Gasteiger partial charge is 0.261 e. The van der Waals surface area contributed by atoms with Gasteiger partial charge in [-0.15, -0.1) is 11.3 Å². The van der Waals surface area contributed by atoms with Crippen LogP contribution in [0.3, 0.4) is 0 Å². The SMILES string of the molecule is O=C(N[C@H]1CCS(=O)(=O)C1)c1cc2ccccc2s1. The van der Waals surface area contributed by atoms with Gasteiger partial charge in [0, 0.05) is 10.7 Å². The molecule has 0 saturated carbocycles. The summed E-state index contributed by atoms with van der Waals surface area (Å²) in [6.07, 6.45) is 0.513. The van der Waals surface area contributed by atoms with Crippen LogP contribution in [0.2, 0.25) is 0 Å². The van der Waals surface area contributed by atoms with E-state index in [4.69, 9.17) is 0 Å². The Hall–Kier alpha value is -1.40. The van der Waals surface area contributed by atoms with Crippen molar-refractivity contribution in [2.45, 2.75) is 12.5 Å². The van der Waals surface area contributed by atoms with E-state index in [2.05, 4.69) is 5.32 Å². The van der Waals surface area contributed by atoms with E-state index >= 15 is 0 Å². The van der Waals surface area contributed by atoms with Crippen molar-refractivity contribution in [3.05, 3.63) is 35.2 Å². The van der Waals surface area contributed by atoms with Crippen molar-refractivity contribution < 1.29 is 13.2 Å². The maximum Gasteiger partial charge on any atom is 0.261 e. The van der Waals surface area contributed by atoms with Crippen LogP contribution in [-0.4, -0.2) is 31.9 Å². The highest BCUT2D eigenvalue weighted by atomic mass is 32.2. The molecule has 1 atom stereocenters. The monoisotopic (exact) mass is 295 g/mol. The van der Waals surface area contributed by atoms with Gasteiger partial charge in [-0.2, -0.15) is 0 Å². The van der Waals surface area contributed by atoms with Gasteiger partial charge in [-0.3, -0.25) is 4.79 Å². The Morgan fingerprint density at radius 2 is 2.11 bits per heavy atom. The molecule has 0 unspecified atom stereocenters. The van der Waals surface area contributed by atoms with Crippen LogP contribution < -0.4 is 5.32 Å². The van der Waals surface area contributed by atoms with E-state index in [0.717, 1.165) is 10.1 Å². The maximum absolute atomic E-state index is 12.1. The second-order valence-corrected chi connectivity index (χ2v) is 8.03. The molecule has 1 aromatic heterocycles. The second-order valence-electron chi connectivity index (χ2n) is 4.72. The summed E-state index contributed by atoms with van der Waals surface area (Å²) in [5, 5.41) is 3.84. The van der Waals surface area contributed by atoms with Gasteiger partial charge in [0.15, 0.2) is 9.84 Å². The molecule has 3 rings (SSSR count). The Morgan fingerprint density at radius 3 is 2.79 bits per heavy atom. The van der Waals surface area contributed by atoms with Crippen LogP contribution in [0.5, 0.6) is 0 Å². The van der Waals surface area contributed by atoms with Crippen LogP contribution >= 0.6 is 11.3 Å². The lowest BCUT2D eigenvalue weighted by Crippen LogP contribution is -2.35. The highest BCUT2D eigenvalue weighted by Gasteiger charge is 2.29. The molecule has 0 spiro atoms. The molecular formula is C13H13NO3S2. The first kappa shape index (κ1) is 12.6. The van der Waals surface area contributed by atoms with E-state index in [1.807, 2.05) is 30.3 Å². The van der Waals surface area contributed by atoms with Crippen LogP contribution in [0.25, 0.3) is 10.1 Å². The van der Waals surface area contributed by atoms with E-state index in [9.17, 15) is 13.2 Å². The summed E-state index contributed by atoms with van der Waals surface area (Å²) >= 11 is 1.43. The van der Waals surface area contributed by atoms with E-state index < -0.39 is 9.84 Å². The number of amides is 1. The zero-order valence-corrected chi connectivity index (χ0v) is 11.8. The van der Waals surface area contributed by atoms with E-state index in [1.165, 1.54) is 11.3 Å². The Labute approximate surface area is 115 Å². The normalized spacial score (nSPS) is 21.6. The first-order valence-electron chi connectivity index (χ1n) is 6.03. The molecule has 0 aliphatic carbocycles. The summed E-state index contributed by atoms with van der Waals surface area (Å²) < 4.78 is 23.8. The number of benzene rings is 1. The predicted octanol–water partition coefficient (Wildman–Crippen LogP) is 1.82. The quantitative estimate of drug-likeness (QED) is 0.919. The Balaban J connectivity index is 1.77. The third-order valence-corrected chi connectivity index (χ3v) is 6.10. The van der Waals surface area contributed by atoms with Gasteiger partial charge in [0.2, 0.25) is 0 Å². The molecule has 1 aromatic carbocycles. The molecule has 2 heterocycles. The highest BCUT2D eigenvalue weighted by Crippen LogP contribution is 2.25. The average molecular weight is 295 g/mol. The zero-order valence-electron chi connectivity index (χ0n) is 10.1. The number of hydrogen-bond donors (Lipinski definition) is 1. The fourth-order valence-electron chi connectivity index (χ4n) is 2.26. The number of fused-ring (bicyclic) bond motifs is 1. The second kappa shape index (κ2) is 4.61. The lowest BCUT2D eigenvalue weighted by atomic mass is 10.2. The fraction of sp³-hybridized carbons (Fsp3) is 0.308. The molecule has 1 saturated heterocycles. The molecular weight excluding hydrogens is 282 g/mol. The van der Waals surface area contributed by atoms with Gasteiger partial charge in [-0.25, -0.2) is 8.42 Å². The summed E-state index contributed by atoms with van der Waals surface area (Å²) in [5.41, 5.74) is 0. The van der Waals surface area contributed by atoms with Gasteiger partial charge in [-0.1, -0.05) is 18.2 Å². The van der Waals surface area contributed by atoms with Crippen molar-refractivity contribution in [1.29, 1.82) is 0 Å². The summed E-state index contributed by atoms with van der Waals surface area (Å²) in [6.45, 7) is 0. The van der Waals surface area contributed by atoms with Crippen LogP contribution in [0.1, 0.15) is 16.1 Å². The highest BCUT2D eigenvalue weighted by molar-refractivity contribution is 7.91. The van der Waals surface area contributed by atoms with Crippen LogP contribution in [0.15, 0.2) is 30.3 Å². The topological polar surface area (TPSA) is 63.2 Å². The Bertz CT molecular complexity index is 700. The number of carbonyl (C=O) groups excluding carboxylic acids is 1. The summed E-state index contributed by atoms with van der Waals surface area (Å²) in [4.78, 5) is 12.7.